The molecule has 9 nitrogen and oxygen atoms in total. The van der Waals surface area contributed by atoms with Gasteiger partial charge in [0.25, 0.3) is 11.6 Å². The van der Waals surface area contributed by atoms with Gasteiger partial charge in [-0.2, -0.15) is 0 Å². The number of nitro benzene ring substituents is 1. The summed E-state index contributed by atoms with van der Waals surface area (Å²) in [7, 11) is -1.71. The Morgan fingerprint density at radius 2 is 1.51 bits per heavy atom. The summed E-state index contributed by atoms with van der Waals surface area (Å²) in [4.78, 5) is 51.2. The van der Waals surface area contributed by atoms with Gasteiger partial charge in [-0.15, -0.1) is 0 Å². The second-order valence-electron chi connectivity index (χ2n) is 9.77. The van der Waals surface area contributed by atoms with Gasteiger partial charge in [-0.25, -0.2) is 4.79 Å². The lowest BCUT2D eigenvalue weighted by atomic mass is 9.94. The number of benzene rings is 3. The quantitative estimate of drug-likeness (QED) is 0.109. The van der Waals surface area contributed by atoms with E-state index in [0.717, 1.165) is 17.2 Å². The number of allylic oxidation sites excluding steroid dienone is 1. The third-order valence-electron chi connectivity index (χ3n) is 6.97. The van der Waals surface area contributed by atoms with Gasteiger partial charge in [-0.1, -0.05) is 60.7 Å². The Morgan fingerprint density at radius 1 is 0.974 bits per heavy atom. The molecule has 3 aromatic rings. The number of nitrogens with zero attached hydrogens (tertiary/aromatic N) is 2. The number of β-lactam (4-membered cyclic amide) rings is 1. The number of hydrogen-bond acceptors (Lipinski definition) is 7. The number of fused-ring (bicyclic) bond motifs is 1. The lowest BCUT2D eigenvalue weighted by molar-refractivity contribution is -0.384. The van der Waals surface area contributed by atoms with Crippen LogP contribution in [0.3, 0.4) is 0 Å². The van der Waals surface area contributed by atoms with Crippen LogP contribution in [0.1, 0.15) is 41.4 Å². The molecule has 0 aliphatic carbocycles. The highest BCUT2D eigenvalue weighted by Gasteiger charge is 2.66. The number of carbonyl (C=O) groups is 3. The van der Waals surface area contributed by atoms with Crippen molar-refractivity contribution in [3.8, 4) is 0 Å². The van der Waals surface area contributed by atoms with E-state index in [-0.39, 0.29) is 16.8 Å². The summed E-state index contributed by atoms with van der Waals surface area (Å²) in [6.07, 6.45) is 0.363. The highest BCUT2D eigenvalue weighted by Crippen LogP contribution is 2.47. The van der Waals surface area contributed by atoms with E-state index in [4.69, 9.17) is 4.74 Å². The van der Waals surface area contributed by atoms with Crippen LogP contribution in [0.25, 0.3) is 0 Å². The normalized spacial score (nSPS) is 22.3. The van der Waals surface area contributed by atoms with Gasteiger partial charge in [0.05, 0.1) is 26.0 Å². The van der Waals surface area contributed by atoms with Crippen molar-refractivity contribution in [3.63, 3.8) is 0 Å². The summed E-state index contributed by atoms with van der Waals surface area (Å²) in [6.45, 7) is 3.27. The molecule has 2 fully saturated rings. The highest BCUT2D eigenvalue weighted by atomic mass is 32.2. The first-order valence-corrected chi connectivity index (χ1v) is 13.4. The molecule has 2 saturated heterocycles. The van der Waals surface area contributed by atoms with Crippen LogP contribution in [0.15, 0.2) is 96.6 Å². The molecule has 0 spiro atoms. The lowest BCUT2D eigenvalue weighted by Crippen LogP contribution is -2.59. The number of amides is 1. The van der Waals surface area contributed by atoms with E-state index in [1.807, 2.05) is 60.7 Å². The summed E-state index contributed by atoms with van der Waals surface area (Å²) < 4.78 is 18.4. The Bertz CT molecular complexity index is 1480. The predicted octanol–water partition coefficient (Wildman–Crippen LogP) is 4.11. The van der Waals surface area contributed by atoms with E-state index < -0.39 is 55.6 Å². The van der Waals surface area contributed by atoms with Gasteiger partial charge >= 0.3 is 5.97 Å². The number of esters is 1. The minimum Gasteiger partial charge on any atom is -0.451 e. The Hall–Kier alpha value is -4.44. The molecular formula is C29H24N2O7S. The Labute approximate surface area is 226 Å². The fourth-order valence-corrected chi connectivity index (χ4v) is 6.74. The van der Waals surface area contributed by atoms with Crippen LogP contribution in [-0.4, -0.2) is 47.9 Å². The van der Waals surface area contributed by atoms with Gasteiger partial charge in [0.15, 0.2) is 11.9 Å². The molecule has 0 aromatic heterocycles. The Balaban J connectivity index is 1.41. The zero-order chi connectivity index (χ0) is 27.9. The molecule has 2 aliphatic heterocycles. The van der Waals surface area contributed by atoms with Crippen molar-refractivity contribution in [1.29, 1.82) is 0 Å². The van der Waals surface area contributed by atoms with Crippen LogP contribution in [0.4, 0.5) is 5.69 Å². The van der Waals surface area contributed by atoms with Gasteiger partial charge in [-0.3, -0.25) is 23.9 Å². The molecular weight excluding hydrogens is 520 g/mol. The second-order valence-corrected chi connectivity index (χ2v) is 11.9. The smallest absolute Gasteiger partial charge is 0.331 e. The van der Waals surface area contributed by atoms with Crippen molar-refractivity contribution < 1.29 is 28.3 Å². The van der Waals surface area contributed by atoms with Crippen LogP contribution in [0, 0.1) is 10.1 Å². The Morgan fingerprint density at radius 3 is 2.03 bits per heavy atom. The number of carbonyl (C=O) groups excluding carboxylic acids is 3. The van der Waals surface area contributed by atoms with Gasteiger partial charge in [0, 0.05) is 17.7 Å². The van der Waals surface area contributed by atoms with Crippen molar-refractivity contribution in [3.05, 3.63) is 123 Å². The zero-order valence-corrected chi connectivity index (χ0v) is 21.9. The van der Waals surface area contributed by atoms with E-state index in [2.05, 4.69) is 0 Å². The molecule has 3 atom stereocenters. The molecule has 39 heavy (non-hydrogen) atoms. The molecule has 0 radical (unpaired) electrons. The van der Waals surface area contributed by atoms with E-state index in [0.29, 0.717) is 0 Å². The maximum atomic E-state index is 13.6. The van der Waals surface area contributed by atoms with E-state index in [1.165, 1.54) is 29.2 Å². The molecule has 5 rings (SSSR count). The molecule has 2 heterocycles. The average Bonchev–Trinajstić information content (AvgIpc) is 3.13. The summed E-state index contributed by atoms with van der Waals surface area (Å²) >= 11 is 0. The molecule has 3 aromatic carbocycles. The first-order chi connectivity index (χ1) is 18.6. The first kappa shape index (κ1) is 26.2. The van der Waals surface area contributed by atoms with E-state index in [1.54, 1.807) is 13.8 Å². The van der Waals surface area contributed by atoms with Crippen LogP contribution < -0.4 is 0 Å². The van der Waals surface area contributed by atoms with Crippen molar-refractivity contribution in [2.24, 2.45) is 0 Å². The van der Waals surface area contributed by atoms with Crippen molar-refractivity contribution in [1.82, 2.24) is 4.90 Å². The van der Waals surface area contributed by atoms with Gasteiger partial charge < -0.3 is 9.64 Å². The standard InChI is InChI=1S/C29H24N2O7S/c1-29(2)25(28(34)38-24(19-9-5-3-6-10-19)20-11-7-4-8-12-20)30-26(33)22(27(30)39(29)37)17-23(32)18-13-15-21(16-14-18)31(35)36/h3-17,24-25,27H,1-2H3/b22-17-/t25-,27+,39?/m0/s1. The summed E-state index contributed by atoms with van der Waals surface area (Å²) in [5.74, 6) is -1.82. The van der Waals surface area contributed by atoms with Gasteiger partial charge in [0.2, 0.25) is 0 Å². The minimum absolute atomic E-state index is 0.0303. The maximum absolute atomic E-state index is 13.6. The summed E-state index contributed by atoms with van der Waals surface area (Å²) in [5.41, 5.74) is 1.49. The predicted molar refractivity (Wildman–Crippen MR) is 143 cm³/mol. The van der Waals surface area contributed by atoms with E-state index >= 15 is 0 Å². The Kier molecular flexibility index (Phi) is 6.73. The number of ether oxygens (including phenoxy) is 1. The SMILES string of the molecule is CC1(C)[C@H](C(=O)OC(c2ccccc2)c2ccccc2)N2C(=O)/C(=C/C(=O)c3ccc([N+](=O)[O-])cc3)[C@H]2S1=O. The highest BCUT2D eigenvalue weighted by molar-refractivity contribution is 7.87. The fourth-order valence-electron chi connectivity index (χ4n) is 4.92. The largest absolute Gasteiger partial charge is 0.451 e. The van der Waals surface area contributed by atoms with Crippen LogP contribution >= 0.6 is 0 Å². The first-order valence-electron chi connectivity index (χ1n) is 12.2. The van der Waals surface area contributed by atoms with Gasteiger partial charge in [-0.05, 0) is 43.2 Å². The van der Waals surface area contributed by atoms with Crippen molar-refractivity contribution in [2.75, 3.05) is 0 Å². The van der Waals surface area contributed by atoms with Crippen LogP contribution in [0.2, 0.25) is 0 Å². The fraction of sp³-hybridized carbons (Fsp3) is 0.207. The third-order valence-corrected chi connectivity index (χ3v) is 9.12. The summed E-state index contributed by atoms with van der Waals surface area (Å²) in [5, 5.41) is 9.94. The van der Waals surface area contributed by atoms with Crippen molar-refractivity contribution in [2.45, 2.75) is 36.1 Å². The molecule has 0 bridgehead atoms. The van der Waals surface area contributed by atoms with Gasteiger partial charge in [0.1, 0.15) is 11.4 Å². The molecule has 0 N–H and O–H groups in total. The molecule has 1 unspecified atom stereocenters. The monoisotopic (exact) mass is 544 g/mol. The molecule has 198 valence electrons. The average molecular weight is 545 g/mol. The van der Waals surface area contributed by atoms with Crippen LogP contribution in [-0.2, 0) is 25.1 Å². The topological polar surface area (TPSA) is 124 Å². The summed E-state index contributed by atoms with van der Waals surface area (Å²) in [6, 6.07) is 22.2. The molecule has 10 heteroatoms. The number of ketones is 1. The minimum atomic E-state index is -1.71. The second kappa shape index (κ2) is 10.0. The molecule has 1 amide bonds. The zero-order valence-electron chi connectivity index (χ0n) is 21.1. The number of rotatable bonds is 7. The number of hydrogen-bond donors (Lipinski definition) is 0. The van der Waals surface area contributed by atoms with Crippen LogP contribution in [0.5, 0.6) is 0 Å². The number of non-ortho nitro benzene ring substituents is 1. The van der Waals surface area contributed by atoms with Crippen molar-refractivity contribution >= 4 is 34.1 Å². The lowest BCUT2D eigenvalue weighted by Gasteiger charge is -2.39. The maximum Gasteiger partial charge on any atom is 0.331 e. The number of nitro groups is 1. The molecule has 0 saturated carbocycles. The molecule has 2 aliphatic rings. The third kappa shape index (κ3) is 4.57. The van der Waals surface area contributed by atoms with E-state index in [9.17, 15) is 28.7 Å².